The van der Waals surface area contributed by atoms with Crippen LogP contribution in [0.3, 0.4) is 0 Å². The summed E-state index contributed by atoms with van der Waals surface area (Å²) in [6.07, 6.45) is 12.0. The number of allylic oxidation sites excluding steroid dienone is 5. The molecule has 0 radical (unpaired) electrons. The molecule has 0 aliphatic heterocycles. The molecule has 0 saturated heterocycles. The summed E-state index contributed by atoms with van der Waals surface area (Å²) in [7, 11) is 3.08. The topological polar surface area (TPSA) is 320 Å². The van der Waals surface area contributed by atoms with Crippen molar-refractivity contribution in [1.82, 2.24) is 0 Å². The highest BCUT2D eigenvalue weighted by Gasteiger charge is 2.20. The maximum absolute atomic E-state index is 12.5. The van der Waals surface area contributed by atoms with Crippen LogP contribution >= 0.6 is 0 Å². The second-order valence-electron chi connectivity index (χ2n) is 27.8. The van der Waals surface area contributed by atoms with Crippen molar-refractivity contribution in [1.29, 1.82) is 0 Å². The quantitative estimate of drug-likeness (QED) is 0.00515. The van der Waals surface area contributed by atoms with Crippen LogP contribution < -0.4 is 25.3 Å². The molecule has 0 aromatic heterocycles. The number of carbonyl (C=O) groups excluding carboxylic acids is 3. The molecule has 5 atom stereocenters. The molecule has 21 nitrogen and oxygen atoms in total. The minimum atomic E-state index is -0.890. The number of para-hydroxylation sites is 4. The first kappa shape index (κ1) is 107. The lowest BCUT2D eigenvalue weighted by Crippen LogP contribution is -2.17. The predicted molar refractivity (Wildman–Crippen MR) is 471 cm³/mol. The van der Waals surface area contributed by atoms with Gasteiger partial charge in [0.15, 0.2) is 11.4 Å². The third kappa shape index (κ3) is 46.0. The van der Waals surface area contributed by atoms with Gasteiger partial charge in [-0.1, -0.05) is 288 Å². The minimum absolute atomic E-state index is 0.0997. The van der Waals surface area contributed by atoms with Crippen LogP contribution in [0.5, 0.6) is 17.2 Å². The molecule has 7 aromatic rings. The molecule has 116 heavy (non-hydrogen) atoms. The van der Waals surface area contributed by atoms with Gasteiger partial charge in [0.05, 0.1) is 44.3 Å². The number of azo groups is 2. The van der Waals surface area contributed by atoms with Gasteiger partial charge in [-0.3, -0.25) is 24.0 Å². The van der Waals surface area contributed by atoms with Gasteiger partial charge in [-0.2, -0.15) is 0 Å². The van der Waals surface area contributed by atoms with Crippen LogP contribution in [0.4, 0.5) is 17.1 Å². The molecule has 634 valence electrons. The van der Waals surface area contributed by atoms with Gasteiger partial charge in [-0.05, 0) is 152 Å². The summed E-state index contributed by atoms with van der Waals surface area (Å²) in [6.45, 7) is 43.2. The highest BCUT2D eigenvalue weighted by atomic mass is 16.6. The second kappa shape index (κ2) is 62.9. The number of nitrogens with two attached hydrogens (primary N) is 1. The van der Waals surface area contributed by atoms with E-state index < -0.39 is 23.8 Å². The molecule has 0 saturated carbocycles. The molecule has 0 spiro atoms. The van der Waals surface area contributed by atoms with E-state index in [0.29, 0.717) is 63.4 Å². The molecule has 0 aliphatic carbocycles. The Hall–Kier alpha value is -11.5. The van der Waals surface area contributed by atoms with Gasteiger partial charge < -0.3 is 60.3 Å². The maximum Gasteiger partial charge on any atom is 0.308 e. The number of esters is 1. The average Bonchev–Trinajstić information content (AvgIpc) is 0.865. The Kier molecular flexibility index (Phi) is 57.8. The van der Waals surface area contributed by atoms with Gasteiger partial charge in [0.25, 0.3) is 11.8 Å². The lowest BCUT2D eigenvalue weighted by Gasteiger charge is -2.22. The molecule has 7 rings (SSSR count). The monoisotopic (exact) mass is 1600 g/mol. The largest absolute Gasteiger partial charge is 0.510 e. The fourth-order valence-corrected chi connectivity index (χ4v) is 8.71. The number of carboxylic acid groups (broad SMARTS) is 2. The normalized spacial score (nSPS) is 12.4. The second-order valence-corrected chi connectivity index (χ2v) is 27.8. The summed E-state index contributed by atoms with van der Waals surface area (Å²) in [5.41, 5.74) is 12.1. The summed E-state index contributed by atoms with van der Waals surface area (Å²) >= 11 is 0. The lowest BCUT2D eigenvalue weighted by atomic mass is 9.82. The van der Waals surface area contributed by atoms with E-state index in [2.05, 4.69) is 229 Å². The van der Waals surface area contributed by atoms with E-state index in [1.54, 1.807) is 119 Å². The van der Waals surface area contributed by atoms with Crippen molar-refractivity contribution in [3.63, 3.8) is 0 Å². The number of carbonyl (C=O) groups is 5. The number of aliphatic carboxylic acids is 2. The van der Waals surface area contributed by atoms with Gasteiger partial charge in [-0.25, -0.2) is 0 Å². The van der Waals surface area contributed by atoms with Crippen molar-refractivity contribution in [3.8, 4) is 17.2 Å². The van der Waals surface area contributed by atoms with Crippen molar-refractivity contribution in [2.75, 3.05) is 46.0 Å². The number of ether oxygens (including phenoxy) is 5. The van der Waals surface area contributed by atoms with Crippen molar-refractivity contribution in [3.05, 3.63) is 276 Å². The predicted octanol–water partition coefficient (Wildman–Crippen LogP) is 23.9. The maximum atomic E-state index is 12.5. The minimum Gasteiger partial charge on any atom is -0.510 e. The number of carboxylic acids is 2. The molecule has 0 fully saturated rings. The number of amides is 2. The van der Waals surface area contributed by atoms with E-state index in [0.717, 1.165) is 18.6 Å². The van der Waals surface area contributed by atoms with E-state index in [1.165, 1.54) is 68.9 Å². The summed E-state index contributed by atoms with van der Waals surface area (Å²) < 4.78 is 26.0. The van der Waals surface area contributed by atoms with E-state index in [-0.39, 0.29) is 73.1 Å². The number of nitrogens with zero attached hydrogens (tertiary/aromatic N) is 4. The number of hydrogen-bond donors (Lipinski definition) is 7. The number of aliphatic hydroxyl groups is 3. The Morgan fingerprint density at radius 1 is 0.483 bits per heavy atom. The Morgan fingerprint density at radius 3 is 1.16 bits per heavy atom. The lowest BCUT2D eigenvalue weighted by molar-refractivity contribution is -0.148. The molecule has 7 aromatic carbocycles. The van der Waals surface area contributed by atoms with Crippen LogP contribution in [0.25, 0.3) is 0 Å². The summed E-state index contributed by atoms with van der Waals surface area (Å²) in [4.78, 5) is 55.1. The van der Waals surface area contributed by atoms with Crippen LogP contribution in [0.2, 0.25) is 0 Å². The number of hydrogen-bond acceptors (Lipinski definition) is 17. The van der Waals surface area contributed by atoms with Crippen molar-refractivity contribution < 1.29 is 73.2 Å². The molecule has 0 heterocycles. The van der Waals surface area contributed by atoms with Gasteiger partial charge in [0, 0.05) is 0 Å². The Bertz CT molecular complexity index is 3920. The molecule has 21 heteroatoms. The molecule has 0 unspecified atom stereocenters. The van der Waals surface area contributed by atoms with Gasteiger partial charge in [0.1, 0.15) is 65.7 Å². The van der Waals surface area contributed by atoms with E-state index in [4.69, 9.17) is 44.7 Å². The Labute approximate surface area is 692 Å². The van der Waals surface area contributed by atoms with E-state index >= 15 is 0 Å². The fourth-order valence-electron chi connectivity index (χ4n) is 8.71. The SMILES string of the molecule is C=C/C=C(\C=C)OC.CCC(C)(C)c1ccccc1.CCC(C)(C)c1ccccc1.CC[C@H](C)C(=O)O.CC[C@H](C)C(=O)O.CC[C@H](C)C(=O)OCCOc1ccccc1N=NC(C(N)=O)=C(C)O.CC[C@H](C)c1ccccc1.CC[C@H](C)c1ccccc1.COc1ccccc1NC(=O)C(N=Nc1ccccc1OCCO)=C(C)O. The number of nitrogens with one attached hydrogen (secondary N) is 1. The van der Waals surface area contributed by atoms with Crippen LogP contribution in [0.1, 0.15) is 204 Å². The standard InChI is InChI=1S/C19H21N3O5.C17H23N3O5.2C11H16.2C10H14.C7H10O.2C5H10O2/c1-13(24)18(19(25)20-14-7-3-5-9-16(14)26-2)22-21-15-8-4-6-10-17(15)27-12-11-23;1-4-11(2)17(23)25-10-9-24-14-8-6-5-7-13(14)19-20-15(12(3)21)16(18)22;2*1-4-11(2,3)10-8-6-5-7-9-10;2*1-3-9(2)10-7-5-4-6-8-10;1-4-6-7(5-2)8-3;2*1-3-4(2)5(6)7/h3-10,23-24H,11-12H2,1-2H3,(H,20,25);5-8,11,21H,4,9-10H2,1-3H3,(H2,18,22);2*5-9H,4H2,1-3H3;2*4-9H,3H2,1-2H3;4-6H,1-2H2,3H3;2*4H,3H2,1-2H3,(H,6,7)/b;;;;;;7-6+;;/t;11-;;;2*9-;;2*4-/m.0..00.00/s1. The van der Waals surface area contributed by atoms with Crippen LogP contribution in [0.15, 0.2) is 275 Å². The number of benzene rings is 7. The fraction of sp³-hybridized carbons (Fsp3) is 0.400. The molecule has 2 amide bonds. The smallest absolute Gasteiger partial charge is 0.308 e. The highest BCUT2D eigenvalue weighted by Crippen LogP contribution is 2.32. The first-order chi connectivity index (χ1) is 55.1. The van der Waals surface area contributed by atoms with Gasteiger partial charge in [0.2, 0.25) is 0 Å². The van der Waals surface area contributed by atoms with Crippen molar-refractivity contribution >= 4 is 46.8 Å². The van der Waals surface area contributed by atoms with Crippen molar-refractivity contribution in [2.45, 2.75) is 192 Å². The summed E-state index contributed by atoms with van der Waals surface area (Å²) in [6, 6.07) is 63.0. The third-order valence-corrected chi connectivity index (χ3v) is 18.3. The zero-order valence-electron chi connectivity index (χ0n) is 72.5. The average molecular weight is 1600 g/mol. The van der Waals surface area contributed by atoms with Crippen molar-refractivity contribution in [2.24, 2.45) is 43.9 Å². The number of rotatable bonds is 32. The number of methoxy groups -OCH3 is 2. The molecule has 0 aliphatic rings. The third-order valence-electron chi connectivity index (χ3n) is 18.3. The first-order valence-electron chi connectivity index (χ1n) is 39.4. The molecular formula is C95H134N6O15. The number of aliphatic hydroxyl groups excluding tert-OH is 3. The molecule has 8 N–H and O–H groups in total. The Morgan fingerprint density at radius 2 is 0.845 bits per heavy atom. The number of anilines is 1. The summed E-state index contributed by atoms with van der Waals surface area (Å²) in [5.74, 6) is -0.924. The van der Waals surface area contributed by atoms with Crippen LogP contribution in [-0.4, -0.2) is 95.9 Å². The van der Waals surface area contributed by atoms with Gasteiger partial charge in [-0.15, -0.1) is 20.5 Å². The highest BCUT2D eigenvalue weighted by molar-refractivity contribution is 6.04. The van der Waals surface area contributed by atoms with E-state index in [1.807, 2.05) is 20.8 Å². The molecular weight excluding hydrogens is 1470 g/mol. The zero-order valence-corrected chi connectivity index (χ0v) is 72.5. The summed E-state index contributed by atoms with van der Waals surface area (Å²) in [5, 5.41) is 62.5. The number of primary amides is 1. The van der Waals surface area contributed by atoms with Gasteiger partial charge >= 0.3 is 17.9 Å². The first-order valence-corrected chi connectivity index (χ1v) is 39.4. The zero-order chi connectivity index (χ0) is 88.0. The van der Waals surface area contributed by atoms with Crippen LogP contribution in [-0.2, 0) is 44.3 Å². The van der Waals surface area contributed by atoms with E-state index in [9.17, 15) is 34.2 Å². The molecule has 0 bridgehead atoms. The van der Waals surface area contributed by atoms with Crippen LogP contribution in [0, 0.1) is 17.8 Å². The Balaban J connectivity index is 0.